The maximum Gasteiger partial charge on any atom is 0.240 e. The number of benzene rings is 1. The highest BCUT2D eigenvalue weighted by atomic mass is 16.5. The highest BCUT2D eigenvalue weighted by molar-refractivity contribution is 5.82. The molecule has 1 saturated heterocycles. The van der Waals surface area contributed by atoms with Crippen molar-refractivity contribution in [2.24, 2.45) is 5.92 Å². The summed E-state index contributed by atoms with van der Waals surface area (Å²) in [6.45, 7) is 5.82. The van der Waals surface area contributed by atoms with Gasteiger partial charge in [0.15, 0.2) is 0 Å². The maximum absolute atomic E-state index is 13.3. The van der Waals surface area contributed by atoms with E-state index in [2.05, 4.69) is 17.9 Å². The molecule has 0 spiro atoms. The topological polar surface area (TPSA) is 53.0 Å². The van der Waals surface area contributed by atoms with E-state index in [1.165, 1.54) is 25.7 Å². The second kappa shape index (κ2) is 9.48. The van der Waals surface area contributed by atoms with Crippen molar-refractivity contribution in [1.29, 1.82) is 0 Å². The molecule has 29 heavy (non-hydrogen) atoms. The summed E-state index contributed by atoms with van der Waals surface area (Å²) in [6.07, 6.45) is 8.79. The van der Waals surface area contributed by atoms with E-state index in [0.29, 0.717) is 25.6 Å². The standard InChI is InChI=1S/C24H36N2O3/c1-2-25-13-7-6-10-21(25)24(28)26-14-15-29-22-12-11-19(16-20(22)17-26)23(27)18-8-4-3-5-9-18/h11-12,16,18,21,23,27H,2-10,13-15,17H2,1H3. The second-order valence-corrected chi connectivity index (χ2v) is 8.96. The van der Waals surface area contributed by atoms with Crippen LogP contribution in [0.2, 0.25) is 0 Å². The smallest absolute Gasteiger partial charge is 0.240 e. The number of piperidine rings is 1. The van der Waals surface area contributed by atoms with Gasteiger partial charge in [-0.05, 0) is 62.4 Å². The number of nitrogens with zero attached hydrogens (tertiary/aromatic N) is 2. The Kier molecular flexibility index (Phi) is 6.76. The van der Waals surface area contributed by atoms with Crippen LogP contribution in [0.25, 0.3) is 0 Å². The number of aliphatic hydroxyl groups excluding tert-OH is 1. The summed E-state index contributed by atoms with van der Waals surface area (Å²) < 4.78 is 5.96. The predicted molar refractivity (Wildman–Crippen MR) is 114 cm³/mol. The van der Waals surface area contributed by atoms with Crippen LogP contribution in [0, 0.1) is 5.92 Å². The molecule has 2 aliphatic heterocycles. The molecule has 1 aromatic rings. The van der Waals surface area contributed by atoms with E-state index < -0.39 is 6.10 Å². The number of ether oxygens (including phenoxy) is 1. The van der Waals surface area contributed by atoms with Gasteiger partial charge >= 0.3 is 0 Å². The first-order valence-corrected chi connectivity index (χ1v) is 11.6. The fourth-order valence-corrected chi connectivity index (χ4v) is 5.37. The zero-order valence-electron chi connectivity index (χ0n) is 17.8. The zero-order chi connectivity index (χ0) is 20.2. The van der Waals surface area contributed by atoms with E-state index in [-0.39, 0.29) is 11.9 Å². The maximum atomic E-state index is 13.3. The molecule has 4 rings (SSSR count). The van der Waals surface area contributed by atoms with E-state index in [1.807, 2.05) is 17.0 Å². The first-order chi connectivity index (χ1) is 14.2. The first-order valence-electron chi connectivity index (χ1n) is 11.6. The van der Waals surface area contributed by atoms with Crippen LogP contribution in [0.3, 0.4) is 0 Å². The summed E-state index contributed by atoms with van der Waals surface area (Å²) in [4.78, 5) is 17.6. The number of hydrogen-bond acceptors (Lipinski definition) is 4. The molecule has 2 unspecified atom stereocenters. The number of rotatable bonds is 4. The molecule has 2 heterocycles. The zero-order valence-corrected chi connectivity index (χ0v) is 17.8. The molecule has 1 aromatic carbocycles. The monoisotopic (exact) mass is 400 g/mol. The summed E-state index contributed by atoms with van der Waals surface area (Å²) >= 11 is 0. The molecule has 5 nitrogen and oxygen atoms in total. The van der Waals surface area contributed by atoms with Gasteiger partial charge < -0.3 is 14.7 Å². The van der Waals surface area contributed by atoms with Crippen LogP contribution >= 0.6 is 0 Å². The Morgan fingerprint density at radius 3 is 2.72 bits per heavy atom. The van der Waals surface area contributed by atoms with Gasteiger partial charge in [-0.1, -0.05) is 38.7 Å². The molecule has 0 aromatic heterocycles. The lowest BCUT2D eigenvalue weighted by Crippen LogP contribution is -2.51. The molecule has 1 N–H and O–H groups in total. The van der Waals surface area contributed by atoms with Crippen molar-refractivity contribution in [3.63, 3.8) is 0 Å². The Hall–Kier alpha value is -1.59. The summed E-state index contributed by atoms with van der Waals surface area (Å²) in [6, 6.07) is 6.09. The Morgan fingerprint density at radius 1 is 1.14 bits per heavy atom. The molecule has 1 saturated carbocycles. The lowest BCUT2D eigenvalue weighted by molar-refractivity contribution is -0.139. The summed E-state index contributed by atoms with van der Waals surface area (Å²) in [5.41, 5.74) is 2.00. The Balaban J connectivity index is 1.50. The van der Waals surface area contributed by atoms with Gasteiger partial charge in [0, 0.05) is 12.1 Å². The van der Waals surface area contributed by atoms with Gasteiger partial charge in [0.05, 0.1) is 18.7 Å². The molecule has 0 radical (unpaired) electrons. The molecule has 1 aliphatic carbocycles. The quantitative estimate of drug-likeness (QED) is 0.833. The van der Waals surface area contributed by atoms with Gasteiger partial charge in [0.2, 0.25) is 5.91 Å². The lowest BCUT2D eigenvalue weighted by atomic mass is 9.82. The number of aliphatic hydroxyl groups is 1. The summed E-state index contributed by atoms with van der Waals surface area (Å²) in [7, 11) is 0. The number of carbonyl (C=O) groups is 1. The largest absolute Gasteiger partial charge is 0.491 e. The number of amides is 1. The van der Waals surface area contributed by atoms with Crippen LogP contribution in [0.5, 0.6) is 5.75 Å². The van der Waals surface area contributed by atoms with Crippen molar-refractivity contribution < 1.29 is 14.6 Å². The van der Waals surface area contributed by atoms with Gasteiger partial charge in [0.1, 0.15) is 12.4 Å². The molecule has 1 amide bonds. The molecule has 3 aliphatic rings. The Morgan fingerprint density at radius 2 is 1.93 bits per heavy atom. The van der Waals surface area contributed by atoms with Crippen LogP contribution in [0.15, 0.2) is 18.2 Å². The molecule has 0 bridgehead atoms. The molecule has 5 heteroatoms. The van der Waals surface area contributed by atoms with Crippen molar-refractivity contribution in [2.75, 3.05) is 26.2 Å². The van der Waals surface area contributed by atoms with Gasteiger partial charge in [-0.3, -0.25) is 9.69 Å². The number of fused-ring (bicyclic) bond motifs is 1. The van der Waals surface area contributed by atoms with Gasteiger partial charge in [-0.2, -0.15) is 0 Å². The van der Waals surface area contributed by atoms with Crippen LogP contribution in [-0.2, 0) is 11.3 Å². The van der Waals surface area contributed by atoms with E-state index in [4.69, 9.17) is 4.74 Å². The lowest BCUT2D eigenvalue weighted by Gasteiger charge is -2.36. The van der Waals surface area contributed by atoms with Crippen LogP contribution in [-0.4, -0.2) is 53.1 Å². The number of carbonyl (C=O) groups excluding carboxylic acids is 1. The highest BCUT2D eigenvalue weighted by Crippen LogP contribution is 2.36. The first kappa shape index (κ1) is 20.7. The van der Waals surface area contributed by atoms with Crippen LogP contribution < -0.4 is 4.74 Å². The minimum absolute atomic E-state index is 0.00584. The number of likely N-dealkylation sites (N-methyl/N-ethyl adjacent to an activating group) is 1. The average molecular weight is 401 g/mol. The van der Waals surface area contributed by atoms with Crippen molar-refractivity contribution >= 4 is 5.91 Å². The van der Waals surface area contributed by atoms with E-state index in [0.717, 1.165) is 55.6 Å². The average Bonchev–Trinajstić information content (AvgIpc) is 3.00. The van der Waals surface area contributed by atoms with E-state index >= 15 is 0 Å². The van der Waals surface area contributed by atoms with Gasteiger partial charge in [0.25, 0.3) is 0 Å². The Bertz CT molecular complexity index is 701. The predicted octanol–water partition coefficient (Wildman–Crippen LogP) is 3.90. The summed E-state index contributed by atoms with van der Waals surface area (Å²) in [5.74, 6) is 1.45. The minimum atomic E-state index is -0.415. The fraction of sp³-hybridized carbons (Fsp3) is 0.708. The van der Waals surface area contributed by atoms with Crippen molar-refractivity contribution in [3.05, 3.63) is 29.3 Å². The number of likely N-dealkylation sites (tertiary alicyclic amines) is 1. The van der Waals surface area contributed by atoms with Crippen molar-refractivity contribution in [2.45, 2.75) is 77.0 Å². The normalized spacial score (nSPS) is 25.0. The SMILES string of the molecule is CCN1CCCCC1C(=O)N1CCOc2ccc(C(O)C3CCCCC3)cc2C1. The number of hydrogen-bond donors (Lipinski definition) is 1. The minimum Gasteiger partial charge on any atom is -0.491 e. The third kappa shape index (κ3) is 4.61. The molecular weight excluding hydrogens is 364 g/mol. The van der Waals surface area contributed by atoms with Crippen LogP contribution in [0.4, 0.5) is 0 Å². The van der Waals surface area contributed by atoms with Crippen molar-refractivity contribution in [1.82, 2.24) is 9.80 Å². The third-order valence-corrected chi connectivity index (χ3v) is 7.12. The van der Waals surface area contributed by atoms with E-state index in [9.17, 15) is 9.90 Å². The molecule has 2 atom stereocenters. The second-order valence-electron chi connectivity index (χ2n) is 8.96. The highest BCUT2D eigenvalue weighted by Gasteiger charge is 2.32. The fourth-order valence-electron chi connectivity index (χ4n) is 5.37. The molecule has 160 valence electrons. The Labute approximate surface area is 175 Å². The van der Waals surface area contributed by atoms with Crippen LogP contribution in [0.1, 0.15) is 75.5 Å². The van der Waals surface area contributed by atoms with Gasteiger partial charge in [-0.25, -0.2) is 0 Å². The third-order valence-electron chi connectivity index (χ3n) is 7.12. The van der Waals surface area contributed by atoms with Gasteiger partial charge in [-0.15, -0.1) is 0 Å². The molecule has 2 fully saturated rings. The van der Waals surface area contributed by atoms with E-state index in [1.54, 1.807) is 0 Å². The van der Waals surface area contributed by atoms with Crippen molar-refractivity contribution in [3.8, 4) is 5.75 Å². The molecular formula is C24H36N2O3. The summed E-state index contributed by atoms with van der Waals surface area (Å²) in [5, 5.41) is 10.9.